The topological polar surface area (TPSA) is 82.9 Å². The summed E-state index contributed by atoms with van der Waals surface area (Å²) in [6.45, 7) is 0. The lowest BCUT2D eigenvalue weighted by Crippen LogP contribution is -2.34. The number of aromatic nitrogens is 1. The second-order valence-electron chi connectivity index (χ2n) is 5.50. The van der Waals surface area contributed by atoms with Crippen LogP contribution in [-0.4, -0.2) is 60.7 Å². The first-order chi connectivity index (χ1) is 11.0. The van der Waals surface area contributed by atoms with Crippen LogP contribution in [0.4, 0.5) is 5.13 Å². The molecule has 2 aromatic rings. The van der Waals surface area contributed by atoms with E-state index in [4.69, 9.17) is 0 Å². The molecule has 0 bridgehead atoms. The molecular weight excluding hydrogens is 368 g/mol. The lowest BCUT2D eigenvalue weighted by molar-refractivity contribution is 0.515. The van der Waals surface area contributed by atoms with E-state index in [0.29, 0.717) is 10.8 Å². The number of benzene rings is 1. The maximum absolute atomic E-state index is 12.8. The first-order valence-electron chi connectivity index (χ1n) is 6.92. The third kappa shape index (κ3) is 4.01. The van der Waals surface area contributed by atoms with Gasteiger partial charge in [0.2, 0.25) is 5.13 Å². The average molecular weight is 389 g/mol. The van der Waals surface area contributed by atoms with Gasteiger partial charge in [-0.2, -0.15) is 0 Å². The van der Waals surface area contributed by atoms with Crippen molar-refractivity contribution >= 4 is 36.4 Å². The summed E-state index contributed by atoms with van der Waals surface area (Å²) in [4.78, 5) is 4.65. The van der Waals surface area contributed by atoms with Crippen molar-refractivity contribution in [2.24, 2.45) is 4.36 Å². The molecule has 0 aliphatic rings. The van der Waals surface area contributed by atoms with E-state index in [2.05, 4.69) is 9.35 Å². The molecule has 0 saturated carbocycles. The van der Waals surface area contributed by atoms with Gasteiger partial charge in [-0.05, 0) is 12.1 Å². The Morgan fingerprint density at radius 1 is 1.00 bits per heavy atom. The van der Waals surface area contributed by atoms with Crippen molar-refractivity contribution in [2.45, 2.75) is 4.90 Å². The van der Waals surface area contributed by atoms with Crippen molar-refractivity contribution in [3.63, 3.8) is 0 Å². The standard InChI is InChI=1S/C14H20N4O3S3/c1-17(2)24(21,18(3)4)16-14-15-13(10-22-14)11-6-8-12(9-7-11)23(5,19)20/h6-10H,1-5H3. The molecule has 0 unspecified atom stereocenters. The van der Waals surface area contributed by atoms with Crippen LogP contribution in [0.2, 0.25) is 0 Å². The fraction of sp³-hybridized carbons (Fsp3) is 0.357. The largest absolute Gasteiger partial charge is 0.224 e. The molecule has 7 nitrogen and oxygen atoms in total. The normalized spacial score (nSPS) is 12.8. The molecule has 24 heavy (non-hydrogen) atoms. The van der Waals surface area contributed by atoms with Gasteiger partial charge in [0, 0.05) is 45.4 Å². The third-order valence-electron chi connectivity index (χ3n) is 3.22. The molecule has 0 atom stereocenters. The van der Waals surface area contributed by atoms with Crippen LogP contribution in [0.1, 0.15) is 0 Å². The number of nitrogens with zero attached hydrogens (tertiary/aromatic N) is 4. The van der Waals surface area contributed by atoms with E-state index in [1.807, 2.05) is 0 Å². The molecule has 0 N–H and O–H groups in total. The summed E-state index contributed by atoms with van der Waals surface area (Å²) < 4.78 is 43.2. The zero-order valence-electron chi connectivity index (χ0n) is 14.1. The Bertz CT molecular complexity index is 924. The van der Waals surface area contributed by atoms with Crippen molar-refractivity contribution in [2.75, 3.05) is 34.4 Å². The van der Waals surface area contributed by atoms with Gasteiger partial charge >= 0.3 is 0 Å². The number of sulfone groups is 1. The molecule has 132 valence electrons. The monoisotopic (exact) mass is 388 g/mol. The van der Waals surface area contributed by atoms with Crippen molar-refractivity contribution in [3.8, 4) is 11.3 Å². The Morgan fingerprint density at radius 3 is 2.00 bits per heavy atom. The van der Waals surface area contributed by atoms with Crippen LogP contribution in [0.15, 0.2) is 38.9 Å². The minimum Gasteiger partial charge on any atom is -0.224 e. The molecule has 0 saturated heterocycles. The number of rotatable bonds is 5. The maximum Gasteiger partial charge on any atom is 0.220 e. The molecule has 0 amide bonds. The predicted octanol–water partition coefficient (Wildman–Crippen LogP) is 2.27. The molecule has 0 aliphatic carbocycles. The third-order valence-corrected chi connectivity index (χ3v) is 7.51. The molecule has 0 radical (unpaired) electrons. The number of hydrogen-bond donors (Lipinski definition) is 0. The zero-order valence-corrected chi connectivity index (χ0v) is 16.6. The molecule has 0 spiro atoms. The van der Waals surface area contributed by atoms with Crippen LogP contribution in [-0.2, 0) is 19.9 Å². The summed E-state index contributed by atoms with van der Waals surface area (Å²) >= 11 is 1.29. The van der Waals surface area contributed by atoms with Gasteiger partial charge < -0.3 is 0 Å². The smallest absolute Gasteiger partial charge is 0.220 e. The van der Waals surface area contributed by atoms with Gasteiger partial charge in [-0.3, -0.25) is 0 Å². The molecule has 2 rings (SSSR count). The summed E-state index contributed by atoms with van der Waals surface area (Å²) in [7, 11) is 0.860. The summed E-state index contributed by atoms with van der Waals surface area (Å²) in [5.41, 5.74) is 1.44. The van der Waals surface area contributed by atoms with Gasteiger partial charge in [0.05, 0.1) is 10.6 Å². The SMILES string of the molecule is CN(C)S(=O)(=Nc1nc(-c2ccc(S(C)(=O)=O)cc2)cs1)N(C)C. The highest BCUT2D eigenvalue weighted by Crippen LogP contribution is 2.29. The lowest BCUT2D eigenvalue weighted by atomic mass is 10.2. The molecular formula is C14H20N4O3S3. The highest BCUT2D eigenvalue weighted by molar-refractivity contribution is 7.90. The highest BCUT2D eigenvalue weighted by Gasteiger charge is 2.17. The Balaban J connectivity index is 2.40. The fourth-order valence-electron chi connectivity index (χ4n) is 1.90. The van der Waals surface area contributed by atoms with Crippen LogP contribution in [0.5, 0.6) is 0 Å². The zero-order chi connectivity index (χ0) is 18.1. The van der Waals surface area contributed by atoms with Crippen LogP contribution in [0, 0.1) is 0 Å². The van der Waals surface area contributed by atoms with E-state index in [-0.39, 0.29) is 4.90 Å². The van der Waals surface area contributed by atoms with Crippen LogP contribution in [0.3, 0.4) is 0 Å². The number of hydrogen-bond acceptors (Lipinski definition) is 6. The van der Waals surface area contributed by atoms with E-state index in [1.165, 1.54) is 17.6 Å². The van der Waals surface area contributed by atoms with E-state index in [1.54, 1.807) is 66.4 Å². The van der Waals surface area contributed by atoms with Crippen molar-refractivity contribution < 1.29 is 12.6 Å². The van der Waals surface area contributed by atoms with E-state index < -0.39 is 19.9 Å². The molecule has 1 aromatic carbocycles. The Hall–Kier alpha value is -1.33. The molecule has 1 heterocycles. The first-order valence-corrected chi connectivity index (χ1v) is 11.1. The quantitative estimate of drug-likeness (QED) is 0.787. The average Bonchev–Trinajstić information content (AvgIpc) is 2.94. The minimum atomic E-state index is -3.22. The van der Waals surface area contributed by atoms with E-state index >= 15 is 0 Å². The molecule has 0 aliphatic heterocycles. The lowest BCUT2D eigenvalue weighted by Gasteiger charge is -2.21. The van der Waals surface area contributed by atoms with Gasteiger partial charge in [0.1, 0.15) is 0 Å². The van der Waals surface area contributed by atoms with Crippen molar-refractivity contribution in [3.05, 3.63) is 29.6 Å². The summed E-state index contributed by atoms with van der Waals surface area (Å²) in [6, 6.07) is 6.49. The van der Waals surface area contributed by atoms with Gasteiger partial charge in [-0.15, -0.1) is 15.7 Å². The van der Waals surface area contributed by atoms with Gasteiger partial charge in [-0.1, -0.05) is 12.1 Å². The molecule has 0 fully saturated rings. The highest BCUT2D eigenvalue weighted by atomic mass is 32.2. The fourth-order valence-corrected chi connectivity index (χ4v) is 4.78. The minimum absolute atomic E-state index is 0.259. The predicted molar refractivity (Wildman–Crippen MR) is 98.3 cm³/mol. The van der Waals surface area contributed by atoms with Crippen molar-refractivity contribution in [1.29, 1.82) is 0 Å². The van der Waals surface area contributed by atoms with E-state index in [9.17, 15) is 12.6 Å². The second-order valence-corrected chi connectivity index (χ2v) is 10.9. The summed E-state index contributed by atoms with van der Waals surface area (Å²) in [6.07, 6.45) is 1.17. The Kier molecular flexibility index (Phi) is 5.45. The summed E-state index contributed by atoms with van der Waals surface area (Å²) in [5.74, 6) is 0. The second kappa shape index (κ2) is 6.89. The van der Waals surface area contributed by atoms with Crippen LogP contribution >= 0.6 is 11.3 Å². The van der Waals surface area contributed by atoms with Crippen LogP contribution in [0.25, 0.3) is 11.3 Å². The van der Waals surface area contributed by atoms with Gasteiger partial charge in [0.15, 0.2) is 19.9 Å². The Morgan fingerprint density at radius 2 is 1.54 bits per heavy atom. The first kappa shape index (κ1) is 19.0. The molecule has 1 aromatic heterocycles. The van der Waals surface area contributed by atoms with Crippen molar-refractivity contribution in [1.82, 2.24) is 13.6 Å². The maximum atomic E-state index is 12.8. The van der Waals surface area contributed by atoms with Crippen LogP contribution < -0.4 is 0 Å². The number of thiazole rings is 1. The Labute approximate surface area is 147 Å². The van der Waals surface area contributed by atoms with Gasteiger partial charge in [-0.25, -0.2) is 26.2 Å². The molecule has 10 heteroatoms. The summed E-state index contributed by atoms with van der Waals surface area (Å²) in [5, 5.41) is 2.21. The van der Waals surface area contributed by atoms with E-state index in [0.717, 1.165) is 5.56 Å². The van der Waals surface area contributed by atoms with Gasteiger partial charge in [0.25, 0.3) is 0 Å².